The molecule has 5 nitrogen and oxygen atoms in total. The van der Waals surface area contributed by atoms with Crippen molar-refractivity contribution in [3.05, 3.63) is 29.6 Å². The normalized spacial score (nSPS) is 12.2. The Morgan fingerprint density at radius 2 is 2.28 bits per heavy atom. The highest BCUT2D eigenvalue weighted by molar-refractivity contribution is 5.96. The van der Waals surface area contributed by atoms with Gasteiger partial charge >= 0.3 is 0 Å². The lowest BCUT2D eigenvalue weighted by molar-refractivity contribution is 0.0761. The Kier molecular flexibility index (Phi) is 5.06. The molecule has 0 aliphatic heterocycles. The largest absolute Gasteiger partial charge is 0.507 e. The molecule has 100 valence electrons. The van der Waals surface area contributed by atoms with Crippen LogP contribution in [0.2, 0.25) is 0 Å². The van der Waals surface area contributed by atoms with Gasteiger partial charge in [0.2, 0.25) is 0 Å². The molecule has 1 rings (SSSR count). The average Bonchev–Trinajstić information content (AvgIpc) is 2.28. The zero-order valence-electron chi connectivity index (χ0n) is 10.4. The lowest BCUT2D eigenvalue weighted by atomic mass is 10.1. The molecule has 0 aromatic heterocycles. The summed E-state index contributed by atoms with van der Waals surface area (Å²) in [5.41, 5.74) is 5.77. The summed E-state index contributed by atoms with van der Waals surface area (Å²) in [4.78, 5) is 13.3. The molecule has 0 bridgehead atoms. The van der Waals surface area contributed by atoms with E-state index in [0.717, 1.165) is 12.1 Å². The van der Waals surface area contributed by atoms with Crippen molar-refractivity contribution in [2.45, 2.75) is 6.04 Å². The van der Waals surface area contributed by atoms with Crippen LogP contribution >= 0.6 is 0 Å². The molecule has 0 aliphatic carbocycles. The first-order chi connectivity index (χ1) is 8.45. The van der Waals surface area contributed by atoms with Gasteiger partial charge in [-0.25, -0.2) is 4.39 Å². The van der Waals surface area contributed by atoms with Crippen molar-refractivity contribution in [2.24, 2.45) is 5.73 Å². The summed E-state index contributed by atoms with van der Waals surface area (Å²) in [6.45, 7) is 0.608. The van der Waals surface area contributed by atoms with Crippen molar-refractivity contribution in [1.82, 2.24) is 4.90 Å². The predicted octanol–water partition coefficient (Wildman–Crippen LogP) is 0.577. The molecule has 0 aliphatic rings. The monoisotopic (exact) mass is 256 g/mol. The van der Waals surface area contributed by atoms with Gasteiger partial charge in [0.25, 0.3) is 5.91 Å². The fraction of sp³-hybridized carbons (Fsp3) is 0.417. The fourth-order valence-corrected chi connectivity index (χ4v) is 1.59. The molecule has 1 aromatic rings. The number of halogens is 1. The van der Waals surface area contributed by atoms with Crippen LogP contribution in [0, 0.1) is 5.82 Å². The van der Waals surface area contributed by atoms with Crippen molar-refractivity contribution in [1.29, 1.82) is 0 Å². The summed E-state index contributed by atoms with van der Waals surface area (Å²) in [6, 6.07) is 2.95. The topological polar surface area (TPSA) is 75.8 Å². The maximum atomic E-state index is 12.8. The maximum Gasteiger partial charge on any atom is 0.257 e. The van der Waals surface area contributed by atoms with Crippen LogP contribution in [0.1, 0.15) is 10.4 Å². The average molecular weight is 256 g/mol. The Morgan fingerprint density at radius 1 is 1.61 bits per heavy atom. The molecule has 6 heteroatoms. The van der Waals surface area contributed by atoms with Crippen molar-refractivity contribution in [3.63, 3.8) is 0 Å². The van der Waals surface area contributed by atoms with Crippen molar-refractivity contribution in [2.75, 3.05) is 27.3 Å². The van der Waals surface area contributed by atoms with E-state index in [2.05, 4.69) is 0 Å². The lowest BCUT2D eigenvalue weighted by Gasteiger charge is -2.21. The number of carbonyl (C=O) groups excluding carboxylic acids is 1. The molecule has 0 saturated heterocycles. The van der Waals surface area contributed by atoms with Crippen LogP contribution in [0.3, 0.4) is 0 Å². The van der Waals surface area contributed by atoms with E-state index in [4.69, 9.17) is 10.5 Å². The summed E-state index contributed by atoms with van der Waals surface area (Å²) in [6.07, 6.45) is 0. The Labute approximate surface area is 105 Å². The third kappa shape index (κ3) is 3.68. The molecule has 3 N–H and O–H groups in total. The Hall–Kier alpha value is -1.66. The van der Waals surface area contributed by atoms with Gasteiger partial charge in [0.15, 0.2) is 0 Å². The maximum absolute atomic E-state index is 12.8. The Balaban J connectivity index is 2.74. The number of aromatic hydroxyl groups is 1. The molecule has 0 radical (unpaired) electrons. The summed E-state index contributed by atoms with van der Waals surface area (Å²) in [5.74, 6) is -1.39. The molecule has 1 aromatic carbocycles. The van der Waals surface area contributed by atoms with Crippen molar-refractivity contribution >= 4 is 5.91 Å². The van der Waals surface area contributed by atoms with Crippen LogP contribution in [-0.4, -0.2) is 49.3 Å². The molecule has 0 fully saturated rings. The number of nitrogens with two attached hydrogens (primary N) is 1. The number of amides is 1. The van der Waals surface area contributed by atoms with Gasteiger partial charge in [-0.2, -0.15) is 0 Å². The van der Waals surface area contributed by atoms with Crippen molar-refractivity contribution in [3.8, 4) is 5.75 Å². The Bertz CT molecular complexity index is 426. The van der Waals surface area contributed by atoms with Gasteiger partial charge in [0.1, 0.15) is 11.6 Å². The summed E-state index contributed by atoms with van der Waals surface area (Å²) >= 11 is 0. The van der Waals surface area contributed by atoms with Gasteiger partial charge in [0, 0.05) is 32.8 Å². The third-order valence-corrected chi connectivity index (χ3v) is 2.43. The van der Waals surface area contributed by atoms with Crippen LogP contribution < -0.4 is 5.73 Å². The number of phenols is 1. The number of hydrogen-bond donors (Lipinski definition) is 2. The van der Waals surface area contributed by atoms with Gasteiger partial charge in [-0.1, -0.05) is 0 Å². The number of benzene rings is 1. The molecule has 1 atom stereocenters. The molecular weight excluding hydrogens is 239 g/mol. The van der Waals surface area contributed by atoms with E-state index < -0.39 is 11.7 Å². The van der Waals surface area contributed by atoms with E-state index in [-0.39, 0.29) is 23.9 Å². The number of rotatable bonds is 5. The fourth-order valence-electron chi connectivity index (χ4n) is 1.59. The first kappa shape index (κ1) is 14.4. The summed E-state index contributed by atoms with van der Waals surface area (Å²) in [7, 11) is 3.08. The zero-order chi connectivity index (χ0) is 13.7. The minimum Gasteiger partial charge on any atom is -0.507 e. The molecular formula is C12H17FN2O3. The first-order valence-electron chi connectivity index (χ1n) is 5.44. The number of phenolic OH excluding ortho intramolecular Hbond substituents is 1. The quantitative estimate of drug-likeness (QED) is 0.808. The van der Waals surface area contributed by atoms with Crippen LogP contribution in [0.5, 0.6) is 5.75 Å². The highest BCUT2D eigenvalue weighted by atomic mass is 19.1. The number of methoxy groups -OCH3 is 1. The van der Waals surface area contributed by atoms with E-state index in [1.54, 1.807) is 7.05 Å². The van der Waals surface area contributed by atoms with E-state index in [9.17, 15) is 14.3 Å². The molecule has 0 heterocycles. The Morgan fingerprint density at radius 3 is 2.83 bits per heavy atom. The van der Waals surface area contributed by atoms with E-state index in [1.807, 2.05) is 0 Å². The number of nitrogens with zero attached hydrogens (tertiary/aromatic N) is 1. The van der Waals surface area contributed by atoms with E-state index >= 15 is 0 Å². The SMILES string of the molecule is COCC(N)CN(C)C(=O)c1ccc(F)cc1O. The highest BCUT2D eigenvalue weighted by Crippen LogP contribution is 2.19. The van der Waals surface area contributed by atoms with Gasteiger partial charge in [-0.3, -0.25) is 4.79 Å². The lowest BCUT2D eigenvalue weighted by Crippen LogP contribution is -2.41. The first-order valence-corrected chi connectivity index (χ1v) is 5.44. The zero-order valence-corrected chi connectivity index (χ0v) is 10.4. The second-order valence-electron chi connectivity index (χ2n) is 4.06. The van der Waals surface area contributed by atoms with Crippen LogP contribution in [0.25, 0.3) is 0 Å². The molecule has 1 amide bonds. The van der Waals surface area contributed by atoms with Crippen molar-refractivity contribution < 1.29 is 19.0 Å². The predicted molar refractivity (Wildman–Crippen MR) is 64.9 cm³/mol. The van der Waals surface area contributed by atoms with E-state index in [1.165, 1.54) is 18.1 Å². The van der Waals surface area contributed by atoms with Gasteiger partial charge in [-0.15, -0.1) is 0 Å². The second-order valence-corrected chi connectivity index (χ2v) is 4.06. The summed E-state index contributed by atoms with van der Waals surface area (Å²) in [5, 5.41) is 9.50. The number of likely N-dealkylation sites (N-methyl/N-ethyl adjacent to an activating group) is 1. The van der Waals surface area contributed by atoms with E-state index in [0.29, 0.717) is 6.61 Å². The number of ether oxygens (including phenoxy) is 1. The standard InChI is InChI=1S/C12H17FN2O3/c1-15(6-9(14)7-18-2)12(17)10-4-3-8(13)5-11(10)16/h3-5,9,16H,6-7,14H2,1-2H3. The minimum atomic E-state index is -0.595. The molecule has 0 spiro atoms. The molecule has 1 unspecified atom stereocenters. The van der Waals surface area contributed by atoms with Gasteiger partial charge in [0.05, 0.1) is 12.2 Å². The van der Waals surface area contributed by atoms with Crippen LogP contribution in [0.4, 0.5) is 4.39 Å². The van der Waals surface area contributed by atoms with Crippen LogP contribution in [-0.2, 0) is 4.74 Å². The smallest absolute Gasteiger partial charge is 0.257 e. The third-order valence-electron chi connectivity index (χ3n) is 2.43. The number of carbonyl (C=O) groups is 1. The van der Waals surface area contributed by atoms with Crippen LogP contribution in [0.15, 0.2) is 18.2 Å². The molecule has 0 saturated carbocycles. The molecule has 18 heavy (non-hydrogen) atoms. The van der Waals surface area contributed by atoms with Gasteiger partial charge in [-0.05, 0) is 12.1 Å². The minimum absolute atomic E-state index is 0.0449. The summed E-state index contributed by atoms with van der Waals surface area (Å²) < 4.78 is 17.7. The van der Waals surface area contributed by atoms with Gasteiger partial charge < -0.3 is 20.5 Å². The number of hydrogen-bond acceptors (Lipinski definition) is 4. The second kappa shape index (κ2) is 6.32. The highest BCUT2D eigenvalue weighted by Gasteiger charge is 2.18.